The van der Waals surface area contributed by atoms with Crippen molar-refractivity contribution in [2.45, 2.75) is 25.8 Å². The Hall–Kier alpha value is -2.22. The van der Waals surface area contributed by atoms with E-state index in [9.17, 15) is 18.4 Å². The molecule has 0 radical (unpaired) electrons. The highest BCUT2D eigenvalue weighted by atomic mass is 32.1. The largest absolute Gasteiger partial charge is 0.492 e. The van der Waals surface area contributed by atoms with Crippen LogP contribution < -0.4 is 15.5 Å². The number of benzene rings is 1. The molecule has 1 saturated carbocycles. The zero-order chi connectivity index (χ0) is 17.4. The molecule has 1 heterocycles. The molecule has 1 aromatic heterocycles. The summed E-state index contributed by atoms with van der Waals surface area (Å²) in [5.41, 5.74) is -0.892. The molecule has 1 aliphatic rings. The quantitative estimate of drug-likeness (QED) is 0.834. The molecule has 24 heavy (non-hydrogen) atoms. The van der Waals surface area contributed by atoms with E-state index >= 15 is 0 Å². The summed E-state index contributed by atoms with van der Waals surface area (Å²) in [6, 6.07) is 0.943. The van der Waals surface area contributed by atoms with Gasteiger partial charge in [-0.1, -0.05) is 0 Å². The van der Waals surface area contributed by atoms with E-state index in [1.807, 2.05) is 0 Å². The molecule has 8 heteroatoms. The summed E-state index contributed by atoms with van der Waals surface area (Å²) in [7, 11) is 1.20. The third-order valence-corrected chi connectivity index (χ3v) is 4.77. The van der Waals surface area contributed by atoms with Crippen LogP contribution in [-0.2, 0) is 4.74 Å². The van der Waals surface area contributed by atoms with Gasteiger partial charge in [0, 0.05) is 11.4 Å². The number of halogens is 2. The lowest BCUT2D eigenvalue weighted by atomic mass is 10.1. The number of methoxy groups -OCH3 is 1. The smallest absolute Gasteiger partial charge is 0.345 e. The van der Waals surface area contributed by atoms with Gasteiger partial charge < -0.3 is 14.8 Å². The lowest BCUT2D eigenvalue weighted by Gasteiger charge is -2.13. The zero-order valence-electron chi connectivity index (χ0n) is 13.1. The highest BCUT2D eigenvalue weighted by Crippen LogP contribution is 2.38. The number of hydrogen-bond acceptors (Lipinski definition) is 6. The van der Waals surface area contributed by atoms with E-state index in [1.54, 1.807) is 6.92 Å². The lowest BCUT2D eigenvalue weighted by molar-refractivity contribution is 0.0526. The maximum atomic E-state index is 13.9. The van der Waals surface area contributed by atoms with Crippen molar-refractivity contribution in [1.82, 2.24) is 0 Å². The minimum Gasteiger partial charge on any atom is -0.492 e. The van der Waals surface area contributed by atoms with Crippen LogP contribution in [0.5, 0.6) is 5.75 Å². The van der Waals surface area contributed by atoms with Crippen LogP contribution in [0.2, 0.25) is 0 Å². The van der Waals surface area contributed by atoms with E-state index in [1.165, 1.54) is 7.11 Å². The maximum absolute atomic E-state index is 13.9. The summed E-state index contributed by atoms with van der Waals surface area (Å²) in [6.45, 7) is 1.73. The summed E-state index contributed by atoms with van der Waals surface area (Å²) in [5, 5.41) is 3.27. The first-order valence-corrected chi connectivity index (χ1v) is 8.26. The molecule has 1 aromatic carbocycles. The molecule has 0 amide bonds. The SMILES string of the molecule is CCOC(=O)c1c(NC2CC2)sc2c(OC)c(F)c(F)cc2c1=O. The molecule has 1 N–H and O–H groups in total. The number of hydrogen-bond donors (Lipinski definition) is 1. The fourth-order valence-corrected chi connectivity index (χ4v) is 3.57. The van der Waals surface area contributed by atoms with Gasteiger partial charge in [0.25, 0.3) is 0 Å². The van der Waals surface area contributed by atoms with Gasteiger partial charge in [-0.2, -0.15) is 4.39 Å². The van der Waals surface area contributed by atoms with Gasteiger partial charge in [-0.25, -0.2) is 9.18 Å². The van der Waals surface area contributed by atoms with Crippen molar-refractivity contribution >= 4 is 32.4 Å². The van der Waals surface area contributed by atoms with Crippen molar-refractivity contribution in [3.63, 3.8) is 0 Å². The van der Waals surface area contributed by atoms with Gasteiger partial charge in [-0.15, -0.1) is 11.3 Å². The number of rotatable bonds is 5. The van der Waals surface area contributed by atoms with Crippen molar-refractivity contribution in [2.24, 2.45) is 0 Å². The number of ether oxygens (including phenoxy) is 2. The van der Waals surface area contributed by atoms with Crippen LogP contribution in [0.3, 0.4) is 0 Å². The van der Waals surface area contributed by atoms with Crippen molar-refractivity contribution in [2.75, 3.05) is 19.0 Å². The molecule has 1 aliphatic carbocycles. The zero-order valence-corrected chi connectivity index (χ0v) is 13.9. The van der Waals surface area contributed by atoms with E-state index in [0.29, 0.717) is 0 Å². The van der Waals surface area contributed by atoms with Crippen LogP contribution in [0.25, 0.3) is 10.1 Å². The first-order valence-electron chi connectivity index (χ1n) is 7.44. The second-order valence-electron chi connectivity index (χ2n) is 5.36. The first-order chi connectivity index (χ1) is 11.5. The second-order valence-corrected chi connectivity index (χ2v) is 6.38. The van der Waals surface area contributed by atoms with Gasteiger partial charge in [-0.3, -0.25) is 4.79 Å². The van der Waals surface area contributed by atoms with Crippen LogP contribution in [0, 0.1) is 11.6 Å². The van der Waals surface area contributed by atoms with Gasteiger partial charge in [0.05, 0.1) is 18.4 Å². The van der Waals surface area contributed by atoms with Crippen LogP contribution in [0.1, 0.15) is 30.1 Å². The number of carbonyl (C=O) groups is 1. The van der Waals surface area contributed by atoms with Crippen molar-refractivity contribution in [1.29, 1.82) is 0 Å². The number of anilines is 1. The summed E-state index contributed by atoms with van der Waals surface area (Å²) < 4.78 is 37.7. The van der Waals surface area contributed by atoms with E-state index in [0.717, 1.165) is 30.2 Å². The maximum Gasteiger partial charge on any atom is 0.345 e. The molecule has 0 bridgehead atoms. The van der Waals surface area contributed by atoms with E-state index in [4.69, 9.17) is 9.47 Å². The molecular weight excluding hydrogens is 340 g/mol. The molecule has 0 saturated heterocycles. The molecular formula is C16H15F2NO4S. The predicted molar refractivity (Wildman–Crippen MR) is 87.2 cm³/mol. The topological polar surface area (TPSA) is 64.6 Å². The Bertz CT molecular complexity index is 877. The van der Waals surface area contributed by atoms with Crippen molar-refractivity contribution in [3.05, 3.63) is 33.5 Å². The van der Waals surface area contributed by atoms with Crippen LogP contribution in [-0.4, -0.2) is 25.7 Å². The van der Waals surface area contributed by atoms with E-state index in [-0.39, 0.29) is 39.0 Å². The van der Waals surface area contributed by atoms with E-state index in [2.05, 4.69) is 5.32 Å². The van der Waals surface area contributed by atoms with Crippen molar-refractivity contribution in [3.8, 4) is 5.75 Å². The fourth-order valence-electron chi connectivity index (χ4n) is 2.33. The third kappa shape index (κ3) is 2.82. The predicted octanol–water partition coefficient (Wildman–Crippen LogP) is 3.30. The van der Waals surface area contributed by atoms with Gasteiger partial charge >= 0.3 is 5.97 Å². The molecule has 0 spiro atoms. The van der Waals surface area contributed by atoms with Gasteiger partial charge in [0.1, 0.15) is 10.6 Å². The van der Waals surface area contributed by atoms with Gasteiger partial charge in [0.15, 0.2) is 11.6 Å². The first kappa shape index (κ1) is 16.6. The van der Waals surface area contributed by atoms with Crippen LogP contribution in [0.15, 0.2) is 10.9 Å². The Morgan fingerprint density at radius 3 is 2.71 bits per heavy atom. The van der Waals surface area contributed by atoms with Gasteiger partial charge in [0.2, 0.25) is 11.2 Å². The molecule has 0 atom stereocenters. The Labute approximate surface area is 140 Å². The lowest BCUT2D eigenvalue weighted by Crippen LogP contribution is -2.21. The molecule has 1 fully saturated rings. The average Bonchev–Trinajstić information content (AvgIpc) is 3.34. The summed E-state index contributed by atoms with van der Waals surface area (Å²) >= 11 is 0.981. The second kappa shape index (κ2) is 6.35. The minimum absolute atomic E-state index is 0.102. The van der Waals surface area contributed by atoms with E-state index < -0.39 is 23.0 Å². The molecule has 5 nitrogen and oxygen atoms in total. The van der Waals surface area contributed by atoms with Crippen molar-refractivity contribution < 1.29 is 23.0 Å². The molecule has 128 valence electrons. The molecule has 0 unspecified atom stereocenters. The monoisotopic (exact) mass is 355 g/mol. The minimum atomic E-state index is -1.21. The molecule has 2 aromatic rings. The Morgan fingerprint density at radius 1 is 1.42 bits per heavy atom. The summed E-state index contributed by atoms with van der Waals surface area (Å²) in [5.74, 6) is -3.50. The number of carbonyl (C=O) groups excluding carboxylic acids is 1. The fraction of sp³-hybridized carbons (Fsp3) is 0.375. The third-order valence-electron chi connectivity index (χ3n) is 3.63. The highest BCUT2D eigenvalue weighted by Gasteiger charge is 2.29. The number of fused-ring (bicyclic) bond motifs is 1. The Kier molecular flexibility index (Phi) is 4.40. The van der Waals surface area contributed by atoms with Crippen LogP contribution >= 0.6 is 11.3 Å². The number of nitrogens with one attached hydrogen (secondary N) is 1. The summed E-state index contributed by atoms with van der Waals surface area (Å²) in [4.78, 5) is 24.9. The van der Waals surface area contributed by atoms with Gasteiger partial charge in [-0.05, 0) is 25.8 Å². The van der Waals surface area contributed by atoms with Crippen LogP contribution in [0.4, 0.5) is 13.8 Å². The Morgan fingerprint density at radius 2 is 2.12 bits per heavy atom. The summed E-state index contributed by atoms with van der Waals surface area (Å²) in [6.07, 6.45) is 1.83. The standard InChI is InChI=1S/C16H15F2NO4S/c1-3-23-16(21)10-12(20)8-6-9(17)11(18)13(22-2)14(8)24-15(10)19-7-4-5-7/h6-7,19H,3-5H2,1-2H3. The molecule has 3 rings (SSSR count). The highest BCUT2D eigenvalue weighted by molar-refractivity contribution is 7.22. The molecule has 0 aliphatic heterocycles. The Balaban J connectivity index is 2.32. The normalized spacial score (nSPS) is 13.8. The average molecular weight is 355 g/mol. The number of esters is 1.